The Hall–Kier alpha value is -1.30. The molecule has 0 aromatic heterocycles. The highest BCUT2D eigenvalue weighted by Crippen LogP contribution is 2.25. The quantitative estimate of drug-likeness (QED) is 0.837. The molecule has 0 bridgehead atoms. The molecule has 3 unspecified atom stereocenters. The lowest BCUT2D eigenvalue weighted by Crippen LogP contribution is -2.50. The van der Waals surface area contributed by atoms with E-state index in [1.54, 1.807) is 11.9 Å². The molecule has 0 aromatic carbocycles. The maximum atomic E-state index is 12.5. The SMILES string of the molecule is CC1CCN(C(=O)N(C)CC2CCCN2C)C1C(=O)O. The van der Waals surface area contributed by atoms with Crippen LogP contribution in [0.1, 0.15) is 26.2 Å². The first kappa shape index (κ1) is 15.1. The van der Waals surface area contributed by atoms with Gasteiger partial charge in [-0.3, -0.25) is 0 Å². The smallest absolute Gasteiger partial charge is 0.326 e. The maximum absolute atomic E-state index is 12.5. The van der Waals surface area contributed by atoms with E-state index < -0.39 is 12.0 Å². The second-order valence-corrected chi connectivity index (χ2v) is 6.18. The molecular formula is C14H25N3O3. The number of urea groups is 1. The Bertz CT molecular complexity index is 388. The Kier molecular flexibility index (Phi) is 4.52. The number of hydrogen-bond donors (Lipinski definition) is 1. The molecule has 6 heteroatoms. The zero-order valence-electron chi connectivity index (χ0n) is 12.6. The summed E-state index contributed by atoms with van der Waals surface area (Å²) in [5, 5.41) is 9.29. The van der Waals surface area contributed by atoms with E-state index in [1.807, 2.05) is 6.92 Å². The largest absolute Gasteiger partial charge is 0.480 e. The number of carbonyl (C=O) groups excluding carboxylic acids is 1. The van der Waals surface area contributed by atoms with E-state index in [9.17, 15) is 14.7 Å². The number of rotatable bonds is 3. The minimum atomic E-state index is -0.894. The van der Waals surface area contributed by atoms with Crippen molar-refractivity contribution in [3.05, 3.63) is 0 Å². The van der Waals surface area contributed by atoms with Crippen molar-refractivity contribution >= 4 is 12.0 Å². The molecule has 2 aliphatic rings. The lowest BCUT2D eigenvalue weighted by atomic mass is 10.0. The van der Waals surface area contributed by atoms with Crippen molar-refractivity contribution in [1.29, 1.82) is 0 Å². The molecule has 1 N–H and O–H groups in total. The van der Waals surface area contributed by atoms with Gasteiger partial charge in [0.25, 0.3) is 0 Å². The molecule has 0 aromatic rings. The molecule has 2 amide bonds. The Morgan fingerprint density at radius 1 is 1.30 bits per heavy atom. The minimum Gasteiger partial charge on any atom is -0.480 e. The average Bonchev–Trinajstić information content (AvgIpc) is 2.95. The first-order valence-corrected chi connectivity index (χ1v) is 7.36. The predicted octanol–water partition coefficient (Wildman–Crippen LogP) is 0.927. The van der Waals surface area contributed by atoms with Crippen molar-refractivity contribution in [1.82, 2.24) is 14.7 Å². The van der Waals surface area contributed by atoms with Crippen LogP contribution >= 0.6 is 0 Å². The molecule has 0 radical (unpaired) electrons. The van der Waals surface area contributed by atoms with E-state index in [1.165, 1.54) is 11.3 Å². The Balaban J connectivity index is 1.97. The van der Waals surface area contributed by atoms with Gasteiger partial charge in [-0.1, -0.05) is 6.92 Å². The monoisotopic (exact) mass is 283 g/mol. The highest BCUT2D eigenvalue weighted by Gasteiger charge is 2.41. The topological polar surface area (TPSA) is 64.1 Å². The van der Waals surface area contributed by atoms with Crippen molar-refractivity contribution in [3.63, 3.8) is 0 Å². The highest BCUT2D eigenvalue weighted by atomic mass is 16.4. The maximum Gasteiger partial charge on any atom is 0.326 e. The van der Waals surface area contributed by atoms with Crippen molar-refractivity contribution < 1.29 is 14.7 Å². The lowest BCUT2D eigenvalue weighted by molar-refractivity contribution is -0.142. The average molecular weight is 283 g/mol. The summed E-state index contributed by atoms with van der Waals surface area (Å²) in [6, 6.07) is -0.430. The highest BCUT2D eigenvalue weighted by molar-refractivity contribution is 5.83. The van der Waals surface area contributed by atoms with Gasteiger partial charge in [0, 0.05) is 26.2 Å². The third-order valence-electron chi connectivity index (χ3n) is 4.68. The van der Waals surface area contributed by atoms with E-state index in [0.717, 1.165) is 19.4 Å². The van der Waals surface area contributed by atoms with E-state index in [2.05, 4.69) is 11.9 Å². The number of likely N-dealkylation sites (tertiary alicyclic amines) is 2. The minimum absolute atomic E-state index is 0.0269. The molecule has 0 spiro atoms. The van der Waals surface area contributed by atoms with Crippen LogP contribution in [0.15, 0.2) is 0 Å². The molecule has 2 saturated heterocycles. The summed E-state index contributed by atoms with van der Waals surface area (Å²) in [7, 11) is 3.85. The fraction of sp³-hybridized carbons (Fsp3) is 0.857. The summed E-state index contributed by atoms with van der Waals surface area (Å²) < 4.78 is 0. The van der Waals surface area contributed by atoms with Crippen LogP contribution < -0.4 is 0 Å². The third-order valence-corrected chi connectivity index (χ3v) is 4.68. The predicted molar refractivity (Wildman–Crippen MR) is 75.6 cm³/mol. The van der Waals surface area contributed by atoms with Crippen molar-refractivity contribution in [2.75, 3.05) is 33.7 Å². The van der Waals surface area contributed by atoms with Gasteiger partial charge < -0.3 is 19.8 Å². The number of likely N-dealkylation sites (N-methyl/N-ethyl adjacent to an activating group) is 2. The number of carboxylic acids is 1. The molecule has 3 atom stereocenters. The molecule has 2 heterocycles. The summed E-state index contributed by atoms with van der Waals surface area (Å²) in [5.41, 5.74) is 0. The number of amides is 2. The molecule has 0 saturated carbocycles. The van der Waals surface area contributed by atoms with Crippen LogP contribution in [0.4, 0.5) is 4.79 Å². The standard InChI is InChI=1S/C14H25N3O3/c1-10-6-8-17(12(10)13(18)19)14(20)16(3)9-11-5-4-7-15(11)2/h10-12H,4-9H2,1-3H3,(H,18,19). The van der Waals surface area contributed by atoms with E-state index >= 15 is 0 Å². The third kappa shape index (κ3) is 2.90. The molecule has 2 fully saturated rings. The molecular weight excluding hydrogens is 258 g/mol. The zero-order chi connectivity index (χ0) is 14.9. The Morgan fingerprint density at radius 3 is 2.55 bits per heavy atom. The van der Waals surface area contributed by atoms with E-state index in [4.69, 9.17) is 0 Å². The van der Waals surface area contributed by atoms with Gasteiger partial charge in [-0.25, -0.2) is 9.59 Å². The van der Waals surface area contributed by atoms with Gasteiger partial charge >= 0.3 is 12.0 Å². The molecule has 20 heavy (non-hydrogen) atoms. The van der Waals surface area contributed by atoms with Crippen LogP contribution in [0.3, 0.4) is 0 Å². The van der Waals surface area contributed by atoms with Gasteiger partial charge in [-0.15, -0.1) is 0 Å². The second-order valence-electron chi connectivity index (χ2n) is 6.18. The van der Waals surface area contributed by atoms with Gasteiger partial charge in [-0.05, 0) is 38.8 Å². The van der Waals surface area contributed by atoms with Crippen LogP contribution in [-0.4, -0.2) is 77.6 Å². The van der Waals surface area contributed by atoms with Gasteiger partial charge in [0.15, 0.2) is 0 Å². The summed E-state index contributed by atoms with van der Waals surface area (Å²) in [4.78, 5) is 29.3. The Morgan fingerprint density at radius 2 is 2.00 bits per heavy atom. The number of carboxylic acid groups (broad SMARTS) is 1. The molecule has 114 valence electrons. The number of aliphatic carboxylic acids is 1. The molecule has 2 rings (SSSR count). The fourth-order valence-corrected chi connectivity index (χ4v) is 3.36. The molecule has 6 nitrogen and oxygen atoms in total. The first-order valence-electron chi connectivity index (χ1n) is 7.36. The van der Waals surface area contributed by atoms with Crippen LogP contribution in [0.5, 0.6) is 0 Å². The van der Waals surface area contributed by atoms with Crippen LogP contribution in [0.25, 0.3) is 0 Å². The summed E-state index contributed by atoms with van der Waals surface area (Å²) in [6.45, 7) is 4.19. The summed E-state index contributed by atoms with van der Waals surface area (Å²) in [5.74, 6) is -0.867. The van der Waals surface area contributed by atoms with Crippen molar-refractivity contribution in [3.8, 4) is 0 Å². The van der Waals surface area contributed by atoms with Crippen LogP contribution in [0, 0.1) is 5.92 Å². The normalized spacial score (nSPS) is 30.8. The van der Waals surface area contributed by atoms with Gasteiger partial charge in [0.05, 0.1) is 0 Å². The second kappa shape index (κ2) is 5.99. The van der Waals surface area contributed by atoms with Crippen molar-refractivity contribution in [2.45, 2.75) is 38.3 Å². The lowest BCUT2D eigenvalue weighted by Gasteiger charge is -2.31. The zero-order valence-corrected chi connectivity index (χ0v) is 12.6. The summed E-state index contributed by atoms with van der Waals surface area (Å²) in [6.07, 6.45) is 3.04. The van der Waals surface area contributed by atoms with Gasteiger partial charge in [-0.2, -0.15) is 0 Å². The number of nitrogens with zero attached hydrogens (tertiary/aromatic N) is 3. The number of hydrogen-bond acceptors (Lipinski definition) is 3. The van der Waals surface area contributed by atoms with E-state index in [-0.39, 0.29) is 11.9 Å². The van der Waals surface area contributed by atoms with Crippen molar-refractivity contribution in [2.24, 2.45) is 5.92 Å². The van der Waals surface area contributed by atoms with Gasteiger partial charge in [0.2, 0.25) is 0 Å². The summed E-state index contributed by atoms with van der Waals surface area (Å²) >= 11 is 0. The molecule has 0 aliphatic carbocycles. The van der Waals surface area contributed by atoms with Crippen LogP contribution in [-0.2, 0) is 4.79 Å². The van der Waals surface area contributed by atoms with Gasteiger partial charge in [0.1, 0.15) is 6.04 Å². The van der Waals surface area contributed by atoms with Crippen LogP contribution in [0.2, 0.25) is 0 Å². The fourth-order valence-electron chi connectivity index (χ4n) is 3.36. The van der Waals surface area contributed by atoms with E-state index in [0.29, 0.717) is 19.1 Å². The Labute approximate surface area is 120 Å². The first-order chi connectivity index (χ1) is 9.41. The molecule has 2 aliphatic heterocycles. The number of carbonyl (C=O) groups is 2.